The summed E-state index contributed by atoms with van der Waals surface area (Å²) in [5.41, 5.74) is 2.69. The first-order chi connectivity index (χ1) is 10.8. The van der Waals surface area contributed by atoms with E-state index in [-0.39, 0.29) is 0 Å². The third-order valence-electron chi connectivity index (χ3n) is 3.98. The highest BCUT2D eigenvalue weighted by molar-refractivity contribution is 8.00. The van der Waals surface area contributed by atoms with Crippen molar-refractivity contribution in [3.63, 3.8) is 0 Å². The molecule has 0 radical (unpaired) electrons. The second-order valence-corrected chi connectivity index (χ2v) is 7.66. The SMILES string of the molecule is Cc1ccccc1CSc1nn2c(C3CCCN3)nnc2s1. The Morgan fingerprint density at radius 2 is 2.27 bits per heavy atom. The van der Waals surface area contributed by atoms with Gasteiger partial charge in [-0.3, -0.25) is 0 Å². The van der Waals surface area contributed by atoms with Crippen LogP contribution in [0.3, 0.4) is 0 Å². The molecule has 1 fully saturated rings. The Hall–Kier alpha value is -1.44. The number of rotatable bonds is 4. The molecule has 1 N–H and O–H groups in total. The van der Waals surface area contributed by atoms with Gasteiger partial charge in [-0.05, 0) is 37.4 Å². The summed E-state index contributed by atoms with van der Waals surface area (Å²) in [5.74, 6) is 1.89. The van der Waals surface area contributed by atoms with Crippen LogP contribution in [0.15, 0.2) is 28.6 Å². The van der Waals surface area contributed by atoms with Crippen LogP contribution >= 0.6 is 23.1 Å². The van der Waals surface area contributed by atoms with Gasteiger partial charge >= 0.3 is 0 Å². The Morgan fingerprint density at radius 3 is 3.09 bits per heavy atom. The maximum absolute atomic E-state index is 4.70. The lowest BCUT2D eigenvalue weighted by Gasteiger charge is -2.05. The Labute approximate surface area is 137 Å². The van der Waals surface area contributed by atoms with E-state index in [1.807, 2.05) is 4.52 Å². The summed E-state index contributed by atoms with van der Waals surface area (Å²) in [7, 11) is 0. The fourth-order valence-corrected chi connectivity index (χ4v) is 4.67. The predicted octanol–water partition coefficient (Wildman–Crippen LogP) is 3.21. The average Bonchev–Trinajstić information content (AvgIpc) is 3.22. The van der Waals surface area contributed by atoms with Crippen LogP contribution in [0.5, 0.6) is 0 Å². The van der Waals surface area contributed by atoms with E-state index in [1.54, 1.807) is 23.1 Å². The van der Waals surface area contributed by atoms with Crippen LogP contribution in [0, 0.1) is 6.92 Å². The standard InChI is InChI=1S/C15H17N5S2/c1-10-5-2-3-6-11(10)9-21-15-19-20-13(12-7-4-8-16-12)17-18-14(20)22-15/h2-3,5-6,12,16H,4,7-9H2,1H3. The lowest BCUT2D eigenvalue weighted by atomic mass is 10.1. The smallest absolute Gasteiger partial charge is 0.235 e. The molecule has 0 aliphatic carbocycles. The molecular formula is C15H17N5S2. The summed E-state index contributed by atoms with van der Waals surface area (Å²) in [4.78, 5) is 0.885. The highest BCUT2D eigenvalue weighted by atomic mass is 32.2. The second kappa shape index (κ2) is 5.98. The first-order valence-electron chi connectivity index (χ1n) is 7.44. The summed E-state index contributed by atoms with van der Waals surface area (Å²) in [6.07, 6.45) is 2.31. The number of aromatic nitrogens is 4. The normalized spacial score (nSPS) is 18.3. The molecular weight excluding hydrogens is 314 g/mol. The van der Waals surface area contributed by atoms with Gasteiger partial charge in [-0.1, -0.05) is 47.4 Å². The van der Waals surface area contributed by atoms with Crippen molar-refractivity contribution >= 4 is 28.1 Å². The fourth-order valence-electron chi connectivity index (χ4n) is 2.71. The minimum atomic E-state index is 0.298. The van der Waals surface area contributed by atoms with Gasteiger partial charge in [0.05, 0.1) is 6.04 Å². The quantitative estimate of drug-likeness (QED) is 0.744. The van der Waals surface area contributed by atoms with Gasteiger partial charge in [0.1, 0.15) is 0 Å². The third-order valence-corrected chi connectivity index (χ3v) is 6.06. The minimum Gasteiger partial charge on any atom is -0.307 e. The maximum atomic E-state index is 4.70. The molecule has 22 heavy (non-hydrogen) atoms. The first kappa shape index (κ1) is 14.2. The maximum Gasteiger partial charge on any atom is 0.235 e. The summed E-state index contributed by atoms with van der Waals surface area (Å²) >= 11 is 3.38. The molecule has 0 bridgehead atoms. The second-order valence-electron chi connectivity index (χ2n) is 5.48. The topological polar surface area (TPSA) is 55.1 Å². The van der Waals surface area contributed by atoms with Gasteiger partial charge in [0, 0.05) is 5.75 Å². The molecule has 2 aromatic heterocycles. The van der Waals surface area contributed by atoms with Crippen LogP contribution in [0.2, 0.25) is 0 Å². The molecule has 1 saturated heterocycles. The summed E-state index contributed by atoms with van der Waals surface area (Å²) in [5, 5.41) is 16.7. The van der Waals surface area contributed by atoms with Gasteiger partial charge in [-0.15, -0.1) is 15.3 Å². The molecule has 114 valence electrons. The number of hydrogen-bond acceptors (Lipinski definition) is 6. The molecule has 1 aliphatic heterocycles. The zero-order chi connectivity index (χ0) is 14.9. The fraction of sp³-hybridized carbons (Fsp3) is 0.400. The number of aryl methyl sites for hydroxylation is 1. The molecule has 1 atom stereocenters. The average molecular weight is 331 g/mol. The van der Waals surface area contributed by atoms with E-state index < -0.39 is 0 Å². The van der Waals surface area contributed by atoms with Gasteiger partial charge < -0.3 is 5.32 Å². The number of benzene rings is 1. The highest BCUT2D eigenvalue weighted by Crippen LogP contribution is 2.30. The number of nitrogens with zero attached hydrogens (tertiary/aromatic N) is 4. The number of fused-ring (bicyclic) bond motifs is 1. The van der Waals surface area contributed by atoms with Crippen molar-refractivity contribution in [3.8, 4) is 0 Å². The van der Waals surface area contributed by atoms with Gasteiger partial charge in [-0.2, -0.15) is 4.52 Å². The zero-order valence-electron chi connectivity index (χ0n) is 12.3. The van der Waals surface area contributed by atoms with Gasteiger partial charge in [0.25, 0.3) is 0 Å². The summed E-state index contributed by atoms with van der Waals surface area (Å²) in [6.45, 7) is 3.21. The van der Waals surface area contributed by atoms with E-state index in [2.05, 4.69) is 46.7 Å². The molecule has 3 heterocycles. The molecule has 0 amide bonds. The van der Waals surface area contributed by atoms with E-state index in [1.165, 1.54) is 17.5 Å². The molecule has 5 nitrogen and oxygen atoms in total. The number of hydrogen-bond donors (Lipinski definition) is 1. The predicted molar refractivity (Wildman–Crippen MR) is 89.4 cm³/mol. The van der Waals surface area contributed by atoms with Crippen LogP contribution < -0.4 is 5.32 Å². The molecule has 1 unspecified atom stereocenters. The largest absolute Gasteiger partial charge is 0.307 e. The summed E-state index contributed by atoms with van der Waals surface area (Å²) < 4.78 is 2.96. The van der Waals surface area contributed by atoms with Gasteiger partial charge in [0.15, 0.2) is 10.2 Å². The molecule has 0 saturated carbocycles. The van der Waals surface area contributed by atoms with Crippen molar-refractivity contribution in [2.45, 2.75) is 35.9 Å². The van der Waals surface area contributed by atoms with Crippen molar-refractivity contribution < 1.29 is 0 Å². The summed E-state index contributed by atoms with van der Waals surface area (Å²) in [6, 6.07) is 8.79. The third kappa shape index (κ3) is 2.64. The highest BCUT2D eigenvalue weighted by Gasteiger charge is 2.23. The van der Waals surface area contributed by atoms with E-state index in [0.717, 1.165) is 33.8 Å². The van der Waals surface area contributed by atoms with Crippen molar-refractivity contribution in [3.05, 3.63) is 41.2 Å². The van der Waals surface area contributed by atoms with Gasteiger partial charge in [-0.25, -0.2) is 0 Å². The van der Waals surface area contributed by atoms with E-state index >= 15 is 0 Å². The van der Waals surface area contributed by atoms with E-state index in [9.17, 15) is 0 Å². The van der Waals surface area contributed by atoms with Crippen molar-refractivity contribution in [1.82, 2.24) is 25.1 Å². The minimum absolute atomic E-state index is 0.298. The Balaban J connectivity index is 1.54. The van der Waals surface area contributed by atoms with Crippen LogP contribution in [0.4, 0.5) is 0 Å². The van der Waals surface area contributed by atoms with E-state index in [4.69, 9.17) is 5.10 Å². The molecule has 7 heteroatoms. The van der Waals surface area contributed by atoms with Gasteiger partial charge in [0.2, 0.25) is 4.96 Å². The number of thioether (sulfide) groups is 1. The monoisotopic (exact) mass is 331 g/mol. The Kier molecular flexibility index (Phi) is 3.85. The molecule has 1 aromatic carbocycles. The lowest BCUT2D eigenvalue weighted by molar-refractivity contribution is 0.582. The van der Waals surface area contributed by atoms with Crippen molar-refractivity contribution in [2.75, 3.05) is 6.54 Å². The van der Waals surface area contributed by atoms with Crippen molar-refractivity contribution in [1.29, 1.82) is 0 Å². The molecule has 4 rings (SSSR count). The molecule has 1 aliphatic rings. The van der Waals surface area contributed by atoms with Crippen LogP contribution in [0.25, 0.3) is 4.96 Å². The van der Waals surface area contributed by atoms with E-state index in [0.29, 0.717) is 6.04 Å². The lowest BCUT2D eigenvalue weighted by Crippen LogP contribution is -2.16. The Morgan fingerprint density at radius 1 is 1.36 bits per heavy atom. The van der Waals surface area contributed by atoms with Crippen LogP contribution in [-0.4, -0.2) is 26.4 Å². The van der Waals surface area contributed by atoms with Crippen LogP contribution in [0.1, 0.15) is 35.8 Å². The van der Waals surface area contributed by atoms with Crippen molar-refractivity contribution in [2.24, 2.45) is 0 Å². The number of nitrogens with one attached hydrogen (secondary N) is 1. The Bertz CT molecular complexity index is 788. The van der Waals surface area contributed by atoms with Crippen LogP contribution in [-0.2, 0) is 5.75 Å². The molecule has 0 spiro atoms. The molecule has 3 aromatic rings. The first-order valence-corrected chi connectivity index (χ1v) is 9.24. The zero-order valence-corrected chi connectivity index (χ0v) is 14.0.